The topological polar surface area (TPSA) is 12.0 Å². The zero-order valence-electron chi connectivity index (χ0n) is 22.7. The first-order valence-corrected chi connectivity index (χ1v) is 13.4. The van der Waals surface area contributed by atoms with Crippen LogP contribution in [-0.2, 0) is 0 Å². The maximum atomic E-state index is 3.80. The van der Waals surface area contributed by atoms with Crippen molar-refractivity contribution < 1.29 is 0 Å². The molecule has 1 saturated heterocycles. The minimum Gasteiger partial charge on any atom is -0.313 e. The Balaban J connectivity index is 1.50. The van der Waals surface area contributed by atoms with Gasteiger partial charge in [-0.1, -0.05) is 83.9 Å². The minimum atomic E-state index is 0.357. The van der Waals surface area contributed by atoms with Crippen LogP contribution >= 0.6 is 0 Å². The van der Waals surface area contributed by atoms with Crippen molar-refractivity contribution in [2.75, 3.05) is 6.54 Å². The fourth-order valence-corrected chi connectivity index (χ4v) is 6.64. The molecule has 4 aromatic carbocycles. The SMILES string of the molecule is Cc1cc(C)c(-c2ccc(C(c3ccc(-c4c(C)cc(C)cc4C)cc3)C3CCCN3)cc2)c(C)c1. The molecule has 4 aromatic rings. The van der Waals surface area contributed by atoms with Crippen LogP contribution in [0.2, 0.25) is 0 Å². The molecule has 1 nitrogen and oxygen atoms in total. The summed E-state index contributed by atoms with van der Waals surface area (Å²) in [6, 6.07) is 28.4. The van der Waals surface area contributed by atoms with E-state index in [1.807, 2.05) is 0 Å². The quantitative estimate of drug-likeness (QED) is 0.305. The van der Waals surface area contributed by atoms with E-state index in [0.29, 0.717) is 12.0 Å². The lowest BCUT2D eigenvalue weighted by molar-refractivity contribution is 0.540. The molecule has 0 aromatic heterocycles. The zero-order chi connectivity index (χ0) is 25.4. The fraction of sp³-hybridized carbons (Fsp3) is 0.314. The summed E-state index contributed by atoms with van der Waals surface area (Å²) < 4.78 is 0. The van der Waals surface area contributed by atoms with Gasteiger partial charge in [0.1, 0.15) is 0 Å². The van der Waals surface area contributed by atoms with Crippen molar-refractivity contribution in [3.63, 3.8) is 0 Å². The van der Waals surface area contributed by atoms with Gasteiger partial charge in [0.25, 0.3) is 0 Å². The number of hydrogen-bond acceptors (Lipinski definition) is 1. The molecular weight excluding hydrogens is 434 g/mol. The highest BCUT2D eigenvalue weighted by atomic mass is 14.9. The molecule has 184 valence electrons. The van der Waals surface area contributed by atoms with E-state index in [1.54, 1.807) is 0 Å². The first-order chi connectivity index (χ1) is 17.3. The van der Waals surface area contributed by atoms with Crippen LogP contribution < -0.4 is 5.32 Å². The Morgan fingerprint density at radius 2 is 0.972 bits per heavy atom. The monoisotopic (exact) mass is 473 g/mol. The summed E-state index contributed by atoms with van der Waals surface area (Å²) in [6.07, 6.45) is 2.47. The molecule has 0 radical (unpaired) electrons. The molecule has 36 heavy (non-hydrogen) atoms. The second-order valence-electron chi connectivity index (χ2n) is 11.0. The molecule has 0 bridgehead atoms. The highest BCUT2D eigenvalue weighted by molar-refractivity contribution is 5.73. The lowest BCUT2D eigenvalue weighted by atomic mass is 9.82. The molecule has 1 atom stereocenters. The molecule has 0 saturated carbocycles. The number of aryl methyl sites for hydroxylation is 6. The Morgan fingerprint density at radius 1 is 0.583 bits per heavy atom. The van der Waals surface area contributed by atoms with Crippen molar-refractivity contribution in [1.29, 1.82) is 0 Å². The van der Waals surface area contributed by atoms with Crippen LogP contribution in [0.5, 0.6) is 0 Å². The molecule has 0 amide bonds. The number of nitrogens with one attached hydrogen (secondary N) is 1. The van der Waals surface area contributed by atoms with Gasteiger partial charge in [-0.15, -0.1) is 0 Å². The Morgan fingerprint density at radius 3 is 1.31 bits per heavy atom. The van der Waals surface area contributed by atoms with Crippen molar-refractivity contribution in [3.05, 3.63) is 117 Å². The third-order valence-corrected chi connectivity index (χ3v) is 7.97. The van der Waals surface area contributed by atoms with Crippen LogP contribution in [0.3, 0.4) is 0 Å². The first-order valence-electron chi connectivity index (χ1n) is 13.4. The van der Waals surface area contributed by atoms with Crippen LogP contribution in [0.4, 0.5) is 0 Å². The highest BCUT2D eigenvalue weighted by Gasteiger charge is 2.27. The molecular formula is C35H39N. The third-order valence-electron chi connectivity index (χ3n) is 7.97. The number of hydrogen-bond donors (Lipinski definition) is 1. The van der Waals surface area contributed by atoms with Gasteiger partial charge in [-0.3, -0.25) is 0 Å². The van der Waals surface area contributed by atoms with E-state index in [0.717, 1.165) is 6.54 Å². The fourth-order valence-electron chi connectivity index (χ4n) is 6.64. The van der Waals surface area contributed by atoms with Crippen molar-refractivity contribution in [1.82, 2.24) is 5.32 Å². The van der Waals surface area contributed by atoms with Crippen molar-refractivity contribution in [2.24, 2.45) is 0 Å². The summed E-state index contributed by atoms with van der Waals surface area (Å²) in [4.78, 5) is 0. The number of rotatable bonds is 5. The molecule has 0 spiro atoms. The summed E-state index contributed by atoms with van der Waals surface area (Å²) in [7, 11) is 0. The summed E-state index contributed by atoms with van der Waals surface area (Å²) in [5.74, 6) is 0.357. The van der Waals surface area contributed by atoms with E-state index in [4.69, 9.17) is 0 Å². The lowest BCUT2D eigenvalue weighted by Gasteiger charge is -2.26. The van der Waals surface area contributed by atoms with Crippen LogP contribution in [0.25, 0.3) is 22.3 Å². The molecule has 1 heterocycles. The zero-order valence-corrected chi connectivity index (χ0v) is 22.7. The summed E-state index contributed by atoms with van der Waals surface area (Å²) in [6.45, 7) is 14.4. The first kappa shape index (κ1) is 24.5. The largest absolute Gasteiger partial charge is 0.313 e. The van der Waals surface area contributed by atoms with Crippen LogP contribution in [0.15, 0.2) is 72.8 Å². The molecule has 1 aliphatic rings. The van der Waals surface area contributed by atoms with Gasteiger partial charge in [-0.25, -0.2) is 0 Å². The van der Waals surface area contributed by atoms with Gasteiger partial charge in [0.05, 0.1) is 0 Å². The van der Waals surface area contributed by atoms with Crippen LogP contribution in [0.1, 0.15) is 63.3 Å². The maximum Gasteiger partial charge on any atom is 0.0243 e. The predicted molar refractivity (Wildman–Crippen MR) is 155 cm³/mol. The summed E-state index contributed by atoms with van der Waals surface area (Å²) in [5, 5.41) is 3.80. The van der Waals surface area contributed by atoms with E-state index in [9.17, 15) is 0 Å². The van der Waals surface area contributed by atoms with Gasteiger partial charge in [0.15, 0.2) is 0 Å². The minimum absolute atomic E-state index is 0.357. The highest BCUT2D eigenvalue weighted by Crippen LogP contribution is 2.36. The Bertz CT molecular complexity index is 1220. The van der Waals surface area contributed by atoms with Gasteiger partial charge in [-0.05, 0) is 117 Å². The normalized spacial score (nSPS) is 15.6. The second kappa shape index (κ2) is 10.1. The van der Waals surface area contributed by atoms with Crippen molar-refractivity contribution in [3.8, 4) is 22.3 Å². The Hall–Kier alpha value is -3.16. The maximum absolute atomic E-state index is 3.80. The van der Waals surface area contributed by atoms with Crippen molar-refractivity contribution in [2.45, 2.75) is 66.3 Å². The molecule has 1 unspecified atom stereocenters. The average molecular weight is 474 g/mol. The second-order valence-corrected chi connectivity index (χ2v) is 11.0. The van der Waals surface area contributed by atoms with E-state index in [-0.39, 0.29) is 0 Å². The average Bonchev–Trinajstić information content (AvgIpc) is 3.34. The van der Waals surface area contributed by atoms with Crippen LogP contribution in [-0.4, -0.2) is 12.6 Å². The lowest BCUT2D eigenvalue weighted by Crippen LogP contribution is -2.29. The summed E-state index contributed by atoms with van der Waals surface area (Å²) in [5.41, 5.74) is 16.2. The van der Waals surface area contributed by atoms with Gasteiger partial charge in [0, 0.05) is 12.0 Å². The van der Waals surface area contributed by atoms with E-state index < -0.39 is 0 Å². The van der Waals surface area contributed by atoms with Gasteiger partial charge in [0.2, 0.25) is 0 Å². The van der Waals surface area contributed by atoms with Gasteiger partial charge >= 0.3 is 0 Å². The van der Waals surface area contributed by atoms with Gasteiger partial charge < -0.3 is 5.32 Å². The molecule has 1 heteroatoms. The Labute approximate surface area is 217 Å². The van der Waals surface area contributed by atoms with E-state index in [1.165, 1.54) is 79.6 Å². The summed E-state index contributed by atoms with van der Waals surface area (Å²) >= 11 is 0. The predicted octanol–water partition coefficient (Wildman–Crippen LogP) is 8.76. The van der Waals surface area contributed by atoms with E-state index in [2.05, 4.69) is 120 Å². The Kier molecular flexibility index (Phi) is 6.86. The van der Waals surface area contributed by atoms with Gasteiger partial charge in [-0.2, -0.15) is 0 Å². The molecule has 1 fully saturated rings. The smallest absolute Gasteiger partial charge is 0.0243 e. The van der Waals surface area contributed by atoms with E-state index >= 15 is 0 Å². The standard InChI is InChI=1S/C35H39N/c1-22-18-24(3)33(25(4)19-22)28-9-13-30(14-10-28)35(32-8-7-17-36-32)31-15-11-29(12-16-31)34-26(5)20-23(2)21-27(34)6/h9-16,18-21,32,35-36H,7-8,17H2,1-6H3. The molecule has 1 aliphatic heterocycles. The van der Waals surface area contributed by atoms with Crippen LogP contribution in [0, 0.1) is 41.5 Å². The molecule has 0 aliphatic carbocycles. The third kappa shape index (κ3) is 4.77. The molecule has 1 N–H and O–H groups in total. The van der Waals surface area contributed by atoms with Crippen molar-refractivity contribution >= 4 is 0 Å². The molecule has 5 rings (SSSR count). The number of benzene rings is 4.